The summed E-state index contributed by atoms with van der Waals surface area (Å²) in [7, 11) is 0. The average molecular weight is 337 g/mol. The standard InChI is InChI=1S/C16H23F3N2.ClH/c1-2-20-11-13-6-8-21(9-7-13)12-14-4-3-5-15(10-14)16(17,18)19;/h3-5,10,13,20H,2,6-9,11-12H2,1H3;1H. The Balaban J connectivity index is 0.00000242. The van der Waals surface area contributed by atoms with Crippen molar-refractivity contribution in [3.8, 4) is 0 Å². The van der Waals surface area contributed by atoms with Gasteiger partial charge in [0.25, 0.3) is 0 Å². The summed E-state index contributed by atoms with van der Waals surface area (Å²) >= 11 is 0. The molecule has 1 aliphatic heterocycles. The molecule has 0 radical (unpaired) electrons. The summed E-state index contributed by atoms with van der Waals surface area (Å²) in [5.41, 5.74) is 0.192. The second-order valence-corrected chi connectivity index (χ2v) is 5.73. The third kappa shape index (κ3) is 5.78. The van der Waals surface area contributed by atoms with E-state index >= 15 is 0 Å². The molecule has 0 atom stereocenters. The van der Waals surface area contributed by atoms with E-state index in [1.54, 1.807) is 6.07 Å². The predicted molar refractivity (Wildman–Crippen MR) is 85.2 cm³/mol. The number of likely N-dealkylation sites (tertiary alicyclic amines) is 1. The molecule has 1 heterocycles. The van der Waals surface area contributed by atoms with Crippen molar-refractivity contribution < 1.29 is 13.2 Å². The van der Waals surface area contributed by atoms with E-state index in [0.717, 1.165) is 50.7 Å². The largest absolute Gasteiger partial charge is 0.416 e. The lowest BCUT2D eigenvalue weighted by Gasteiger charge is -2.32. The van der Waals surface area contributed by atoms with Gasteiger partial charge in [-0.2, -0.15) is 13.2 Å². The molecule has 1 aromatic rings. The van der Waals surface area contributed by atoms with Gasteiger partial charge in [-0.1, -0.05) is 25.1 Å². The van der Waals surface area contributed by atoms with E-state index in [-0.39, 0.29) is 12.4 Å². The van der Waals surface area contributed by atoms with Gasteiger partial charge in [0.05, 0.1) is 5.56 Å². The van der Waals surface area contributed by atoms with Gasteiger partial charge in [-0.25, -0.2) is 0 Å². The van der Waals surface area contributed by atoms with Gasteiger partial charge in [0.1, 0.15) is 0 Å². The summed E-state index contributed by atoms with van der Waals surface area (Å²) in [6.07, 6.45) is -2.02. The first-order chi connectivity index (χ1) is 9.99. The number of hydrogen-bond donors (Lipinski definition) is 1. The van der Waals surface area contributed by atoms with Gasteiger partial charge in [0.15, 0.2) is 0 Å². The van der Waals surface area contributed by atoms with E-state index in [1.165, 1.54) is 12.1 Å². The molecule has 1 aliphatic rings. The van der Waals surface area contributed by atoms with E-state index in [9.17, 15) is 13.2 Å². The molecule has 1 N–H and O–H groups in total. The molecule has 22 heavy (non-hydrogen) atoms. The van der Waals surface area contributed by atoms with Crippen molar-refractivity contribution in [3.63, 3.8) is 0 Å². The SMILES string of the molecule is CCNCC1CCN(Cc2cccc(C(F)(F)F)c2)CC1.Cl. The van der Waals surface area contributed by atoms with Gasteiger partial charge in [-0.05, 0) is 56.6 Å². The number of piperidine rings is 1. The van der Waals surface area contributed by atoms with Crippen molar-refractivity contribution in [3.05, 3.63) is 35.4 Å². The second-order valence-electron chi connectivity index (χ2n) is 5.73. The summed E-state index contributed by atoms with van der Waals surface area (Å²) in [4.78, 5) is 2.25. The lowest BCUT2D eigenvalue weighted by molar-refractivity contribution is -0.137. The van der Waals surface area contributed by atoms with Crippen molar-refractivity contribution in [2.45, 2.75) is 32.5 Å². The number of rotatable bonds is 5. The zero-order chi connectivity index (χ0) is 15.3. The van der Waals surface area contributed by atoms with Crippen molar-refractivity contribution in [1.82, 2.24) is 10.2 Å². The smallest absolute Gasteiger partial charge is 0.317 e. The van der Waals surface area contributed by atoms with Crippen molar-refractivity contribution in [2.24, 2.45) is 5.92 Å². The lowest BCUT2D eigenvalue weighted by Crippen LogP contribution is -2.36. The zero-order valence-electron chi connectivity index (χ0n) is 12.8. The highest BCUT2D eigenvalue weighted by Gasteiger charge is 2.30. The Kier molecular flexibility index (Phi) is 7.66. The van der Waals surface area contributed by atoms with Crippen LogP contribution in [0.25, 0.3) is 0 Å². The maximum absolute atomic E-state index is 12.7. The second kappa shape index (κ2) is 8.75. The molecule has 0 saturated carbocycles. The van der Waals surface area contributed by atoms with Crippen LogP contribution in [0.1, 0.15) is 30.9 Å². The van der Waals surface area contributed by atoms with Gasteiger partial charge < -0.3 is 5.32 Å². The maximum Gasteiger partial charge on any atom is 0.416 e. The van der Waals surface area contributed by atoms with Crippen LogP contribution in [0, 0.1) is 5.92 Å². The maximum atomic E-state index is 12.7. The fourth-order valence-corrected chi connectivity index (χ4v) is 2.80. The summed E-state index contributed by atoms with van der Waals surface area (Å²) in [6, 6.07) is 5.67. The highest BCUT2D eigenvalue weighted by molar-refractivity contribution is 5.85. The van der Waals surface area contributed by atoms with Crippen molar-refractivity contribution in [1.29, 1.82) is 0 Å². The molecule has 1 fully saturated rings. The molecule has 0 unspecified atom stereocenters. The van der Waals surface area contributed by atoms with E-state index in [0.29, 0.717) is 12.5 Å². The van der Waals surface area contributed by atoms with Crippen LogP contribution in [0.4, 0.5) is 13.2 Å². The van der Waals surface area contributed by atoms with Gasteiger partial charge in [0, 0.05) is 6.54 Å². The molecular formula is C16H24ClF3N2. The first-order valence-corrected chi connectivity index (χ1v) is 7.58. The Hall–Kier alpha value is -0.780. The highest BCUT2D eigenvalue weighted by Crippen LogP contribution is 2.30. The number of nitrogens with one attached hydrogen (secondary N) is 1. The fraction of sp³-hybridized carbons (Fsp3) is 0.625. The van der Waals surface area contributed by atoms with Gasteiger partial charge in [0.2, 0.25) is 0 Å². The van der Waals surface area contributed by atoms with Crippen LogP contribution in [-0.4, -0.2) is 31.1 Å². The number of halogens is 4. The molecule has 0 spiro atoms. The van der Waals surface area contributed by atoms with E-state index < -0.39 is 11.7 Å². The molecule has 0 aromatic heterocycles. The summed E-state index contributed by atoms with van der Waals surface area (Å²) in [5, 5.41) is 3.36. The van der Waals surface area contributed by atoms with Crippen LogP contribution >= 0.6 is 12.4 Å². The minimum absolute atomic E-state index is 0. The van der Waals surface area contributed by atoms with Crippen LogP contribution in [-0.2, 0) is 12.7 Å². The average Bonchev–Trinajstić information content (AvgIpc) is 2.46. The normalized spacial score (nSPS) is 17.3. The third-order valence-electron chi connectivity index (χ3n) is 4.05. The Morgan fingerprint density at radius 3 is 2.50 bits per heavy atom. The van der Waals surface area contributed by atoms with Crippen molar-refractivity contribution >= 4 is 12.4 Å². The Morgan fingerprint density at radius 1 is 1.23 bits per heavy atom. The lowest BCUT2D eigenvalue weighted by atomic mass is 9.96. The van der Waals surface area contributed by atoms with Gasteiger partial charge in [-0.3, -0.25) is 4.90 Å². The van der Waals surface area contributed by atoms with Crippen LogP contribution in [0.5, 0.6) is 0 Å². The molecule has 2 rings (SSSR count). The fourth-order valence-electron chi connectivity index (χ4n) is 2.80. The van der Waals surface area contributed by atoms with Crippen LogP contribution < -0.4 is 5.32 Å². The molecular weight excluding hydrogens is 313 g/mol. The van der Waals surface area contributed by atoms with Crippen molar-refractivity contribution in [2.75, 3.05) is 26.2 Å². The number of benzene rings is 1. The molecule has 0 bridgehead atoms. The molecule has 0 aliphatic carbocycles. The molecule has 2 nitrogen and oxygen atoms in total. The molecule has 1 saturated heterocycles. The molecule has 0 amide bonds. The van der Waals surface area contributed by atoms with Gasteiger partial charge >= 0.3 is 6.18 Å². The number of alkyl halides is 3. The minimum Gasteiger partial charge on any atom is -0.317 e. The first kappa shape index (κ1) is 19.3. The summed E-state index contributed by atoms with van der Waals surface area (Å²) < 4.78 is 38.1. The molecule has 126 valence electrons. The van der Waals surface area contributed by atoms with E-state index in [1.807, 2.05) is 0 Å². The van der Waals surface area contributed by atoms with Crippen LogP contribution in [0.2, 0.25) is 0 Å². The molecule has 6 heteroatoms. The van der Waals surface area contributed by atoms with Gasteiger partial charge in [-0.15, -0.1) is 12.4 Å². The number of hydrogen-bond acceptors (Lipinski definition) is 2. The minimum atomic E-state index is -4.26. The van der Waals surface area contributed by atoms with E-state index in [4.69, 9.17) is 0 Å². The molecule has 1 aromatic carbocycles. The van der Waals surface area contributed by atoms with Crippen LogP contribution in [0.15, 0.2) is 24.3 Å². The Morgan fingerprint density at radius 2 is 1.91 bits per heavy atom. The number of nitrogens with zero attached hydrogens (tertiary/aromatic N) is 1. The quantitative estimate of drug-likeness (QED) is 0.876. The Bertz CT molecular complexity index is 443. The monoisotopic (exact) mass is 336 g/mol. The summed E-state index contributed by atoms with van der Waals surface area (Å²) in [6.45, 7) is 6.68. The predicted octanol–water partition coefficient (Wildman–Crippen LogP) is 3.95. The first-order valence-electron chi connectivity index (χ1n) is 7.58. The topological polar surface area (TPSA) is 15.3 Å². The third-order valence-corrected chi connectivity index (χ3v) is 4.05. The Labute approximate surface area is 136 Å². The van der Waals surface area contributed by atoms with Crippen LogP contribution in [0.3, 0.4) is 0 Å². The van der Waals surface area contributed by atoms with E-state index in [2.05, 4.69) is 17.1 Å². The highest BCUT2D eigenvalue weighted by atomic mass is 35.5. The summed E-state index contributed by atoms with van der Waals surface area (Å²) in [5.74, 6) is 0.697. The zero-order valence-corrected chi connectivity index (χ0v) is 13.6.